The molecule has 3 aliphatic heterocycles. The van der Waals surface area contributed by atoms with Crippen molar-refractivity contribution < 1.29 is 84.6 Å². The van der Waals surface area contributed by atoms with Gasteiger partial charge in [-0.15, -0.1) is 0 Å². The summed E-state index contributed by atoms with van der Waals surface area (Å²) in [5.41, 5.74) is 4.62. The van der Waals surface area contributed by atoms with Gasteiger partial charge in [0.25, 0.3) is 5.91 Å². The summed E-state index contributed by atoms with van der Waals surface area (Å²) in [5.74, 6) is -11.0. The van der Waals surface area contributed by atoms with Crippen molar-refractivity contribution in [3.8, 4) is 22.3 Å². The van der Waals surface area contributed by atoms with Crippen LogP contribution >= 0.6 is 0 Å². The standard InChI is InChI=1S/C29H35F5N2O5S.C28H34F5NO4S/c1-2-36-18-16-27(17-19-36,26(37)35-41-25-5-3-4-20-40-25)42(38,39)24-12-10-23(11-13-24)22-8-6-21(7-9-22)14-15-28(30,31)29(32,33)34;1-5-34-18-16-26(17-19-34,24(35)38-25(2,3)4)39(36,37)23-12-10-22(11-13-23)21-8-6-20(7-9-21)14-15-27(29,30)28(31,32)33/h6-13,25H,2-5,14-20H2,1H3,(H,35,37);6-13H,5,14-19H2,1-4H3. The Morgan fingerprint density at radius 2 is 0.926 bits per heavy atom. The lowest BCUT2D eigenvalue weighted by molar-refractivity contribution is -0.284. The maximum absolute atomic E-state index is 14.0. The molecule has 1 amide bonds. The molecule has 4 aromatic carbocycles. The molecule has 0 spiro atoms. The predicted molar refractivity (Wildman–Crippen MR) is 284 cm³/mol. The smallest absolute Gasteiger partial charge is 0.453 e. The molecule has 81 heavy (non-hydrogen) atoms. The monoisotopic (exact) mass is 1190 g/mol. The minimum Gasteiger partial charge on any atom is -0.459 e. The van der Waals surface area contributed by atoms with E-state index < -0.39 is 103 Å². The molecule has 3 saturated heterocycles. The highest BCUT2D eigenvalue weighted by atomic mass is 32.2. The molecule has 0 aromatic heterocycles. The van der Waals surface area contributed by atoms with Gasteiger partial charge < -0.3 is 19.3 Å². The average Bonchev–Trinajstić information content (AvgIpc) is 3.64. The second-order valence-corrected chi connectivity index (χ2v) is 26.1. The maximum atomic E-state index is 14.0. The van der Waals surface area contributed by atoms with Crippen molar-refractivity contribution in [2.24, 2.45) is 0 Å². The molecule has 1 atom stereocenters. The SMILES string of the molecule is CCN1CCC(C(=O)NOC2CCCCO2)(S(=O)(=O)c2ccc(-c3ccc(CCC(F)(F)C(F)(F)F)cc3)cc2)CC1.CCN1CCC(C(=O)OC(C)(C)C)(S(=O)(=O)c2ccc(-c3ccc(CCC(F)(F)C(F)(F)F)cc3)cc2)CC1. The van der Waals surface area contributed by atoms with E-state index in [0.29, 0.717) is 72.6 Å². The first-order valence-electron chi connectivity index (χ1n) is 26.7. The van der Waals surface area contributed by atoms with Gasteiger partial charge in [0.15, 0.2) is 35.5 Å². The van der Waals surface area contributed by atoms with Crippen molar-refractivity contribution in [1.29, 1.82) is 0 Å². The first kappa shape index (κ1) is 65.0. The number of hydroxylamine groups is 1. The van der Waals surface area contributed by atoms with Gasteiger partial charge in [-0.2, -0.15) is 43.9 Å². The number of carbonyl (C=O) groups excluding carboxylic acids is 2. The summed E-state index contributed by atoms with van der Waals surface area (Å²) in [7, 11) is -8.30. The Kier molecular flexibility index (Phi) is 20.7. The lowest BCUT2D eigenvalue weighted by atomic mass is 9.95. The largest absolute Gasteiger partial charge is 0.459 e. The van der Waals surface area contributed by atoms with Crippen LogP contribution in [-0.2, 0) is 56.4 Å². The lowest BCUT2D eigenvalue weighted by Gasteiger charge is -2.40. The van der Waals surface area contributed by atoms with E-state index in [-0.39, 0.29) is 35.5 Å². The van der Waals surface area contributed by atoms with Crippen molar-refractivity contribution in [1.82, 2.24) is 15.3 Å². The van der Waals surface area contributed by atoms with Crippen molar-refractivity contribution in [3.05, 3.63) is 108 Å². The molecule has 0 bridgehead atoms. The molecule has 0 radical (unpaired) electrons. The van der Waals surface area contributed by atoms with Crippen LogP contribution in [0.25, 0.3) is 22.3 Å². The Bertz CT molecular complexity index is 2950. The molecule has 24 heteroatoms. The molecule has 0 aliphatic carbocycles. The number of halogens is 10. The van der Waals surface area contributed by atoms with E-state index in [4.69, 9.17) is 14.3 Å². The number of nitrogens with zero attached hydrogens (tertiary/aromatic N) is 2. The van der Waals surface area contributed by atoms with E-state index in [0.717, 1.165) is 25.9 Å². The molecule has 1 unspecified atom stereocenters. The number of sulfone groups is 2. The number of nitrogens with one attached hydrogen (secondary N) is 1. The fourth-order valence-electron chi connectivity index (χ4n) is 9.77. The molecule has 3 aliphatic rings. The van der Waals surface area contributed by atoms with Crippen LogP contribution < -0.4 is 5.48 Å². The highest BCUT2D eigenvalue weighted by Gasteiger charge is 2.58. The third-order valence-electron chi connectivity index (χ3n) is 15.0. The fourth-order valence-corrected chi connectivity index (χ4v) is 13.6. The van der Waals surface area contributed by atoms with Crippen LogP contribution in [0.2, 0.25) is 0 Å². The van der Waals surface area contributed by atoms with Crippen molar-refractivity contribution in [2.45, 2.75) is 161 Å². The first-order valence-corrected chi connectivity index (χ1v) is 29.7. The van der Waals surface area contributed by atoms with E-state index in [9.17, 15) is 70.3 Å². The van der Waals surface area contributed by atoms with Crippen LogP contribution in [0.5, 0.6) is 0 Å². The molecule has 7 rings (SSSR count). The quantitative estimate of drug-likeness (QED) is 0.0576. The minimum atomic E-state index is -5.60. The van der Waals surface area contributed by atoms with Gasteiger partial charge in [0.1, 0.15) is 5.60 Å². The van der Waals surface area contributed by atoms with Crippen molar-refractivity contribution in [3.63, 3.8) is 0 Å². The zero-order valence-electron chi connectivity index (χ0n) is 45.7. The number of hydrogen-bond acceptors (Lipinski definition) is 11. The second-order valence-electron chi connectivity index (χ2n) is 21.6. The normalized spacial score (nSPS) is 18.8. The van der Waals surface area contributed by atoms with E-state index >= 15 is 0 Å². The minimum absolute atomic E-state index is 0.0203. The maximum Gasteiger partial charge on any atom is 0.453 e. The Hall–Kier alpha value is -5.14. The van der Waals surface area contributed by atoms with E-state index in [2.05, 4.69) is 15.3 Å². The summed E-state index contributed by atoms with van der Waals surface area (Å²) < 4.78 is 191. The molecular formula is C57H69F10N3O9S2. The lowest BCUT2D eigenvalue weighted by Crippen LogP contribution is -2.58. The number of ether oxygens (including phenoxy) is 2. The van der Waals surface area contributed by atoms with Gasteiger partial charge in [0, 0.05) is 52.0 Å². The zero-order valence-corrected chi connectivity index (χ0v) is 47.3. The number of amides is 1. The van der Waals surface area contributed by atoms with Crippen LogP contribution in [-0.4, -0.2) is 130 Å². The summed E-state index contributed by atoms with van der Waals surface area (Å²) >= 11 is 0. The number of rotatable bonds is 18. The summed E-state index contributed by atoms with van der Waals surface area (Å²) in [4.78, 5) is 36.3. The summed E-state index contributed by atoms with van der Waals surface area (Å²) in [6.07, 6.45) is -12.7. The molecular weight excluding hydrogens is 1120 g/mol. The van der Waals surface area contributed by atoms with Gasteiger partial charge in [0.05, 0.1) is 9.79 Å². The Labute approximate surface area is 466 Å². The number of alkyl halides is 10. The van der Waals surface area contributed by atoms with Crippen molar-refractivity contribution >= 4 is 31.6 Å². The topological polar surface area (TPSA) is 149 Å². The van der Waals surface area contributed by atoms with Gasteiger partial charge in [-0.3, -0.25) is 9.59 Å². The number of hydrogen-bond donors (Lipinski definition) is 1. The number of aryl methyl sites for hydroxylation is 2. The van der Waals surface area contributed by atoms with Gasteiger partial charge in [-0.1, -0.05) is 86.6 Å². The summed E-state index contributed by atoms with van der Waals surface area (Å²) in [6, 6.07) is 24.1. The summed E-state index contributed by atoms with van der Waals surface area (Å²) in [6.45, 7) is 12.7. The van der Waals surface area contributed by atoms with Gasteiger partial charge >= 0.3 is 30.2 Å². The third-order valence-corrected chi connectivity index (χ3v) is 20.1. The van der Waals surface area contributed by atoms with Gasteiger partial charge in [0.2, 0.25) is 0 Å². The molecule has 1 N–H and O–H groups in total. The average molecular weight is 1190 g/mol. The van der Waals surface area contributed by atoms with Gasteiger partial charge in [-0.25, -0.2) is 27.2 Å². The number of esters is 1. The highest BCUT2D eigenvalue weighted by Crippen LogP contribution is 2.42. The number of benzene rings is 4. The van der Waals surface area contributed by atoms with Crippen LogP contribution in [0.4, 0.5) is 43.9 Å². The van der Waals surface area contributed by atoms with Gasteiger partial charge in [-0.05, 0) is 143 Å². The number of carbonyl (C=O) groups is 2. The Morgan fingerprint density at radius 3 is 1.26 bits per heavy atom. The second kappa shape index (κ2) is 25.8. The Balaban J connectivity index is 0.000000262. The molecule has 0 saturated carbocycles. The number of piperidine rings is 2. The van der Waals surface area contributed by atoms with E-state index in [1.165, 1.54) is 48.5 Å². The molecule has 3 heterocycles. The molecule has 3 fully saturated rings. The number of likely N-dealkylation sites (tertiary alicyclic amines) is 2. The van der Waals surface area contributed by atoms with Crippen LogP contribution in [0.15, 0.2) is 107 Å². The first-order chi connectivity index (χ1) is 37.7. The molecule has 12 nitrogen and oxygen atoms in total. The third kappa shape index (κ3) is 15.4. The Morgan fingerprint density at radius 1 is 0.568 bits per heavy atom. The van der Waals surface area contributed by atoms with Crippen molar-refractivity contribution in [2.75, 3.05) is 45.9 Å². The zero-order chi connectivity index (χ0) is 59.9. The fraction of sp³-hybridized carbons (Fsp3) is 0.544. The predicted octanol–water partition coefficient (Wildman–Crippen LogP) is 12.1. The summed E-state index contributed by atoms with van der Waals surface area (Å²) in [5, 5.41) is 0. The molecule has 4 aromatic rings. The van der Waals surface area contributed by atoms with E-state index in [1.54, 1.807) is 69.3 Å². The van der Waals surface area contributed by atoms with Crippen LogP contribution in [0.3, 0.4) is 0 Å². The van der Waals surface area contributed by atoms with E-state index in [1.807, 2.05) is 13.8 Å². The molecule has 448 valence electrons. The van der Waals surface area contributed by atoms with Crippen LogP contribution in [0, 0.1) is 0 Å². The highest BCUT2D eigenvalue weighted by molar-refractivity contribution is 7.94. The van der Waals surface area contributed by atoms with Crippen LogP contribution in [0.1, 0.15) is 104 Å².